The first kappa shape index (κ1) is 17.9. The number of carbonyl (C=O) groups is 2. The predicted molar refractivity (Wildman–Crippen MR) is 94.2 cm³/mol. The molecule has 0 bridgehead atoms. The summed E-state index contributed by atoms with van der Waals surface area (Å²) >= 11 is 1.35. The molecule has 0 aliphatic carbocycles. The molecule has 1 aromatic heterocycles. The van der Waals surface area contributed by atoms with Crippen molar-refractivity contribution in [3.8, 4) is 5.75 Å². The number of aromatic nitrogens is 1. The van der Waals surface area contributed by atoms with Crippen LogP contribution >= 0.6 is 11.3 Å². The van der Waals surface area contributed by atoms with Gasteiger partial charge in [0.25, 0.3) is 5.91 Å². The molecule has 0 fully saturated rings. The second-order valence-electron chi connectivity index (χ2n) is 5.67. The Hall–Kier alpha value is -2.41. The second kappa shape index (κ2) is 8.44. The van der Waals surface area contributed by atoms with Gasteiger partial charge < -0.3 is 15.4 Å². The van der Waals surface area contributed by atoms with Crippen molar-refractivity contribution in [3.05, 3.63) is 41.4 Å². The summed E-state index contributed by atoms with van der Waals surface area (Å²) in [4.78, 5) is 28.6. The summed E-state index contributed by atoms with van der Waals surface area (Å²) in [7, 11) is 0. The van der Waals surface area contributed by atoms with Gasteiger partial charge in [-0.1, -0.05) is 32.0 Å². The normalized spacial score (nSPS) is 11.8. The summed E-state index contributed by atoms with van der Waals surface area (Å²) in [5.74, 6) is -0.0846. The van der Waals surface area contributed by atoms with E-state index < -0.39 is 6.04 Å². The summed E-state index contributed by atoms with van der Waals surface area (Å²) in [6.45, 7) is 5.46. The minimum absolute atomic E-state index is 0.0632. The molecule has 24 heavy (non-hydrogen) atoms. The van der Waals surface area contributed by atoms with Crippen molar-refractivity contribution in [2.24, 2.45) is 5.92 Å². The van der Waals surface area contributed by atoms with Gasteiger partial charge in [-0.05, 0) is 25.0 Å². The van der Waals surface area contributed by atoms with E-state index in [4.69, 9.17) is 4.74 Å². The number of anilines is 1. The lowest BCUT2D eigenvalue weighted by Crippen LogP contribution is -2.48. The molecular formula is C17H21N3O3S. The summed E-state index contributed by atoms with van der Waals surface area (Å²) in [5, 5.41) is 7.83. The van der Waals surface area contributed by atoms with Crippen LogP contribution in [0.15, 0.2) is 35.7 Å². The standard InChI is InChI=1S/C17H21N3O3S/c1-11(2)15(16(22)20-17-18-12(3)10-24-17)19-14(21)9-23-13-7-5-4-6-8-13/h4-8,10-11,15H,9H2,1-3H3,(H,19,21)(H,18,20,22). The molecular weight excluding hydrogens is 326 g/mol. The van der Waals surface area contributed by atoms with Gasteiger partial charge >= 0.3 is 0 Å². The average Bonchev–Trinajstić information content (AvgIpc) is 2.96. The molecule has 128 valence electrons. The van der Waals surface area contributed by atoms with Crippen LogP contribution in [-0.4, -0.2) is 29.4 Å². The Morgan fingerprint density at radius 2 is 1.96 bits per heavy atom. The first-order valence-electron chi connectivity index (χ1n) is 7.66. The number of amides is 2. The molecule has 2 amide bonds. The number of thiazole rings is 1. The summed E-state index contributed by atoms with van der Waals surface area (Å²) < 4.78 is 5.40. The van der Waals surface area contributed by atoms with E-state index in [0.29, 0.717) is 10.9 Å². The van der Waals surface area contributed by atoms with E-state index in [1.807, 2.05) is 44.4 Å². The van der Waals surface area contributed by atoms with Crippen LogP contribution in [0, 0.1) is 12.8 Å². The van der Waals surface area contributed by atoms with Gasteiger partial charge in [0.05, 0.1) is 5.69 Å². The topological polar surface area (TPSA) is 80.3 Å². The van der Waals surface area contributed by atoms with E-state index in [0.717, 1.165) is 5.69 Å². The van der Waals surface area contributed by atoms with Gasteiger partial charge in [0.15, 0.2) is 11.7 Å². The molecule has 2 N–H and O–H groups in total. The molecule has 0 saturated heterocycles. The maximum atomic E-state index is 12.4. The summed E-state index contributed by atoms with van der Waals surface area (Å²) in [6.07, 6.45) is 0. The lowest BCUT2D eigenvalue weighted by atomic mass is 10.0. The number of hydrogen-bond donors (Lipinski definition) is 2. The monoisotopic (exact) mass is 347 g/mol. The third kappa shape index (κ3) is 5.34. The highest BCUT2D eigenvalue weighted by atomic mass is 32.1. The molecule has 1 atom stereocenters. The van der Waals surface area contributed by atoms with E-state index >= 15 is 0 Å². The van der Waals surface area contributed by atoms with Crippen LogP contribution in [0.1, 0.15) is 19.5 Å². The Labute approximate surface area is 145 Å². The average molecular weight is 347 g/mol. The van der Waals surface area contributed by atoms with Crippen LogP contribution in [0.4, 0.5) is 5.13 Å². The van der Waals surface area contributed by atoms with Crippen molar-refractivity contribution in [1.29, 1.82) is 0 Å². The zero-order chi connectivity index (χ0) is 17.5. The van der Waals surface area contributed by atoms with Crippen LogP contribution in [0.25, 0.3) is 0 Å². The van der Waals surface area contributed by atoms with Crippen molar-refractivity contribution < 1.29 is 14.3 Å². The fourth-order valence-corrected chi connectivity index (χ4v) is 2.70. The maximum absolute atomic E-state index is 12.4. The molecule has 0 radical (unpaired) electrons. The van der Waals surface area contributed by atoms with E-state index in [-0.39, 0.29) is 24.3 Å². The fraction of sp³-hybridized carbons (Fsp3) is 0.353. The largest absolute Gasteiger partial charge is 0.484 e. The zero-order valence-electron chi connectivity index (χ0n) is 13.9. The smallest absolute Gasteiger partial charge is 0.258 e. The first-order chi connectivity index (χ1) is 11.5. The molecule has 0 aliphatic rings. The molecule has 6 nitrogen and oxygen atoms in total. The molecule has 7 heteroatoms. The molecule has 0 aliphatic heterocycles. The molecule has 2 rings (SSSR count). The van der Waals surface area contributed by atoms with Gasteiger partial charge in [-0.2, -0.15) is 0 Å². The number of aryl methyl sites for hydroxylation is 1. The van der Waals surface area contributed by atoms with Crippen LogP contribution in [0.2, 0.25) is 0 Å². The highest BCUT2D eigenvalue weighted by Gasteiger charge is 2.25. The van der Waals surface area contributed by atoms with Crippen molar-refractivity contribution in [1.82, 2.24) is 10.3 Å². The Morgan fingerprint density at radius 3 is 2.54 bits per heavy atom. The van der Waals surface area contributed by atoms with Crippen LogP contribution in [0.5, 0.6) is 5.75 Å². The van der Waals surface area contributed by atoms with Crippen LogP contribution in [-0.2, 0) is 9.59 Å². The van der Waals surface area contributed by atoms with Crippen LogP contribution in [0.3, 0.4) is 0 Å². The van der Waals surface area contributed by atoms with Crippen LogP contribution < -0.4 is 15.4 Å². The second-order valence-corrected chi connectivity index (χ2v) is 6.53. The molecule has 0 saturated carbocycles. The maximum Gasteiger partial charge on any atom is 0.258 e. The first-order valence-corrected chi connectivity index (χ1v) is 8.54. The van der Waals surface area contributed by atoms with Gasteiger partial charge in [-0.3, -0.25) is 9.59 Å². The van der Waals surface area contributed by atoms with Crippen molar-refractivity contribution in [2.45, 2.75) is 26.8 Å². The highest BCUT2D eigenvalue weighted by Crippen LogP contribution is 2.15. The molecule has 2 aromatic rings. The van der Waals surface area contributed by atoms with Crippen molar-refractivity contribution in [3.63, 3.8) is 0 Å². The molecule has 1 unspecified atom stereocenters. The van der Waals surface area contributed by atoms with E-state index in [2.05, 4.69) is 15.6 Å². The molecule has 0 spiro atoms. The number of hydrogen-bond acceptors (Lipinski definition) is 5. The van der Waals surface area contributed by atoms with E-state index in [1.54, 1.807) is 12.1 Å². The third-order valence-corrected chi connectivity index (χ3v) is 4.10. The van der Waals surface area contributed by atoms with Crippen molar-refractivity contribution >= 4 is 28.3 Å². The van der Waals surface area contributed by atoms with E-state index in [1.165, 1.54) is 11.3 Å². The van der Waals surface area contributed by atoms with Crippen molar-refractivity contribution in [2.75, 3.05) is 11.9 Å². The number of rotatable bonds is 7. The SMILES string of the molecule is Cc1csc(NC(=O)C(NC(=O)COc2ccccc2)C(C)C)n1. The van der Waals surface area contributed by atoms with Gasteiger partial charge in [0, 0.05) is 5.38 Å². The molecule has 1 aromatic carbocycles. The van der Waals surface area contributed by atoms with Gasteiger partial charge in [0.1, 0.15) is 11.8 Å². The third-order valence-electron chi connectivity index (χ3n) is 3.23. The number of nitrogens with one attached hydrogen (secondary N) is 2. The Morgan fingerprint density at radius 1 is 1.25 bits per heavy atom. The summed E-state index contributed by atoms with van der Waals surface area (Å²) in [6, 6.07) is 8.41. The quantitative estimate of drug-likeness (QED) is 0.807. The summed E-state index contributed by atoms with van der Waals surface area (Å²) in [5.41, 5.74) is 0.844. The number of benzene rings is 1. The number of ether oxygens (including phenoxy) is 1. The number of nitrogens with zero attached hydrogens (tertiary/aromatic N) is 1. The Balaban J connectivity index is 1.89. The van der Waals surface area contributed by atoms with E-state index in [9.17, 15) is 9.59 Å². The number of carbonyl (C=O) groups excluding carboxylic acids is 2. The number of para-hydroxylation sites is 1. The Bertz CT molecular complexity index is 685. The van der Waals surface area contributed by atoms with Gasteiger partial charge in [-0.25, -0.2) is 4.98 Å². The predicted octanol–water partition coefficient (Wildman–Crippen LogP) is 2.61. The molecule has 1 heterocycles. The fourth-order valence-electron chi connectivity index (χ4n) is 2.01. The van der Waals surface area contributed by atoms with Gasteiger partial charge in [-0.15, -0.1) is 11.3 Å². The Kier molecular flexibility index (Phi) is 6.31. The minimum Gasteiger partial charge on any atom is -0.484 e. The van der Waals surface area contributed by atoms with Gasteiger partial charge in [0.2, 0.25) is 5.91 Å². The minimum atomic E-state index is -0.652. The zero-order valence-corrected chi connectivity index (χ0v) is 14.7. The lowest BCUT2D eigenvalue weighted by molar-refractivity contribution is -0.128. The lowest BCUT2D eigenvalue weighted by Gasteiger charge is -2.21. The highest BCUT2D eigenvalue weighted by molar-refractivity contribution is 7.13.